The Labute approximate surface area is 153 Å². The van der Waals surface area contributed by atoms with Gasteiger partial charge in [0.05, 0.1) is 0 Å². The minimum absolute atomic E-state index is 0.119. The van der Waals surface area contributed by atoms with E-state index in [4.69, 9.17) is 4.74 Å². The molecular weight excluding hydrogens is 308 g/mol. The van der Waals surface area contributed by atoms with Crippen molar-refractivity contribution in [1.82, 2.24) is 0 Å². The molecule has 2 rings (SSSR count). The molecule has 0 spiro atoms. The van der Waals surface area contributed by atoms with Gasteiger partial charge in [-0.25, -0.2) is 0 Å². The topological polar surface area (TPSA) is 26.3 Å². The Balaban J connectivity index is 1.85. The van der Waals surface area contributed by atoms with Gasteiger partial charge in [0.15, 0.2) is 0 Å². The third-order valence-corrected chi connectivity index (χ3v) is 5.39. The summed E-state index contributed by atoms with van der Waals surface area (Å²) < 4.78 is 5.42. The minimum atomic E-state index is -0.119. The predicted molar refractivity (Wildman–Crippen MR) is 106 cm³/mol. The number of unbranched alkanes of at least 4 members (excludes halogenated alkanes) is 2. The van der Waals surface area contributed by atoms with Gasteiger partial charge in [-0.1, -0.05) is 58.2 Å². The molecule has 2 nitrogen and oxygen atoms in total. The molecule has 1 aliphatic rings. The van der Waals surface area contributed by atoms with Crippen molar-refractivity contribution in [1.29, 1.82) is 0 Å². The molecule has 0 amide bonds. The number of hydrogen-bond acceptors (Lipinski definition) is 2. The second-order valence-corrected chi connectivity index (χ2v) is 7.57. The molecule has 1 aromatic carbocycles. The number of rotatable bonds is 9. The third kappa shape index (κ3) is 6.68. The van der Waals surface area contributed by atoms with Crippen LogP contribution in [0.2, 0.25) is 0 Å². The quantitative estimate of drug-likeness (QED) is 0.280. The molecule has 0 aromatic heterocycles. The zero-order valence-electron chi connectivity index (χ0n) is 16.2. The maximum atomic E-state index is 11.8. The van der Waals surface area contributed by atoms with E-state index in [1.54, 1.807) is 0 Å². The Kier molecular flexibility index (Phi) is 8.24. The first-order valence-corrected chi connectivity index (χ1v) is 10.1. The summed E-state index contributed by atoms with van der Waals surface area (Å²) in [7, 11) is 0. The number of hydrogen-bond donors (Lipinski definition) is 0. The van der Waals surface area contributed by atoms with Gasteiger partial charge < -0.3 is 4.74 Å². The summed E-state index contributed by atoms with van der Waals surface area (Å²) in [6.07, 6.45) is 12.3. The van der Waals surface area contributed by atoms with Crippen molar-refractivity contribution < 1.29 is 9.53 Å². The van der Waals surface area contributed by atoms with Crippen molar-refractivity contribution in [3.63, 3.8) is 0 Å². The number of allylic oxidation sites excluding steroid dienone is 2. The van der Waals surface area contributed by atoms with Crippen molar-refractivity contribution in [2.24, 2.45) is 11.8 Å². The molecule has 138 valence electrons. The van der Waals surface area contributed by atoms with E-state index in [-0.39, 0.29) is 5.97 Å². The van der Waals surface area contributed by atoms with Crippen LogP contribution >= 0.6 is 0 Å². The molecule has 1 aliphatic carbocycles. The summed E-state index contributed by atoms with van der Waals surface area (Å²) in [6.45, 7) is 6.78. The van der Waals surface area contributed by atoms with Crippen molar-refractivity contribution in [2.45, 2.75) is 78.6 Å². The van der Waals surface area contributed by atoms with Crippen LogP contribution in [0.1, 0.15) is 84.1 Å². The Bertz CT molecular complexity index is 556. The molecule has 0 aliphatic heterocycles. The predicted octanol–water partition coefficient (Wildman–Crippen LogP) is 6.79. The monoisotopic (exact) mass is 342 g/mol. The smallest absolute Gasteiger partial charge is 0.311 e. The maximum Gasteiger partial charge on any atom is 0.311 e. The Hall–Kier alpha value is -1.57. The Morgan fingerprint density at radius 1 is 1.20 bits per heavy atom. The van der Waals surface area contributed by atoms with Gasteiger partial charge in [-0.15, -0.1) is 0 Å². The van der Waals surface area contributed by atoms with Crippen LogP contribution in [0.15, 0.2) is 30.3 Å². The number of benzene rings is 1. The first kappa shape index (κ1) is 19.8. The van der Waals surface area contributed by atoms with Crippen molar-refractivity contribution >= 4 is 11.5 Å². The van der Waals surface area contributed by atoms with Gasteiger partial charge in [-0.3, -0.25) is 4.79 Å². The fourth-order valence-corrected chi connectivity index (χ4v) is 3.54. The van der Waals surface area contributed by atoms with Crippen LogP contribution in [-0.2, 0) is 4.79 Å². The van der Waals surface area contributed by atoms with E-state index in [0.29, 0.717) is 12.2 Å². The minimum Gasteiger partial charge on any atom is -0.427 e. The van der Waals surface area contributed by atoms with E-state index < -0.39 is 0 Å². The molecule has 2 unspecified atom stereocenters. The van der Waals surface area contributed by atoms with E-state index in [1.165, 1.54) is 36.8 Å². The van der Waals surface area contributed by atoms with Crippen LogP contribution in [0, 0.1) is 11.8 Å². The molecule has 0 saturated carbocycles. The number of carbonyl (C=O) groups excluding carboxylic acids is 1. The highest BCUT2D eigenvalue weighted by Crippen LogP contribution is 2.34. The molecule has 2 atom stereocenters. The molecule has 0 N–H and O–H groups in total. The average molecular weight is 343 g/mol. The van der Waals surface area contributed by atoms with Crippen LogP contribution < -0.4 is 4.74 Å². The van der Waals surface area contributed by atoms with Gasteiger partial charge in [0.1, 0.15) is 5.75 Å². The fraction of sp³-hybridized carbons (Fsp3) is 0.609. The molecule has 0 heterocycles. The summed E-state index contributed by atoms with van der Waals surface area (Å²) in [6, 6.07) is 8.04. The molecule has 0 radical (unpaired) electrons. The summed E-state index contributed by atoms with van der Waals surface area (Å²) in [5.41, 5.74) is 2.72. The van der Waals surface area contributed by atoms with Crippen LogP contribution in [0.25, 0.3) is 5.57 Å². The van der Waals surface area contributed by atoms with Crippen LogP contribution in [-0.4, -0.2) is 5.97 Å². The first-order chi connectivity index (χ1) is 12.1. The number of ether oxygens (including phenoxy) is 1. The molecule has 25 heavy (non-hydrogen) atoms. The van der Waals surface area contributed by atoms with Gasteiger partial charge in [-0.2, -0.15) is 0 Å². The lowest BCUT2D eigenvalue weighted by Gasteiger charge is -2.24. The molecule has 0 bridgehead atoms. The van der Waals surface area contributed by atoms with Gasteiger partial charge in [-0.05, 0) is 67.2 Å². The van der Waals surface area contributed by atoms with E-state index in [2.05, 4.69) is 39.0 Å². The SMILES string of the molecule is CCCCCC(=O)Oc1ccc(C2=CCC(CC(C)CC)CC2)cc1. The Morgan fingerprint density at radius 2 is 1.96 bits per heavy atom. The highest BCUT2D eigenvalue weighted by molar-refractivity contribution is 5.73. The normalized spacial score (nSPS) is 18.5. The lowest BCUT2D eigenvalue weighted by atomic mass is 9.81. The summed E-state index contributed by atoms with van der Waals surface area (Å²) in [5, 5.41) is 0. The van der Waals surface area contributed by atoms with Crippen molar-refractivity contribution in [3.05, 3.63) is 35.9 Å². The van der Waals surface area contributed by atoms with Gasteiger partial charge in [0.25, 0.3) is 0 Å². The zero-order chi connectivity index (χ0) is 18.1. The molecule has 0 saturated heterocycles. The first-order valence-electron chi connectivity index (χ1n) is 10.1. The standard InChI is InChI=1S/C23H34O2/c1-4-6-7-8-23(24)25-22-15-13-21(14-16-22)20-11-9-19(10-12-20)17-18(3)5-2/h11,13-16,18-19H,4-10,12,17H2,1-3H3. The van der Waals surface area contributed by atoms with E-state index in [0.717, 1.165) is 37.5 Å². The lowest BCUT2D eigenvalue weighted by Crippen LogP contribution is -2.09. The fourth-order valence-electron chi connectivity index (χ4n) is 3.54. The summed E-state index contributed by atoms with van der Waals surface area (Å²) >= 11 is 0. The largest absolute Gasteiger partial charge is 0.427 e. The van der Waals surface area contributed by atoms with Crippen molar-refractivity contribution in [2.75, 3.05) is 0 Å². The molecule has 1 aromatic rings. The van der Waals surface area contributed by atoms with Gasteiger partial charge in [0.2, 0.25) is 0 Å². The van der Waals surface area contributed by atoms with Crippen LogP contribution in [0.3, 0.4) is 0 Å². The number of esters is 1. The zero-order valence-corrected chi connectivity index (χ0v) is 16.2. The Morgan fingerprint density at radius 3 is 2.56 bits per heavy atom. The highest BCUT2D eigenvalue weighted by Gasteiger charge is 2.17. The molecular formula is C23H34O2. The second kappa shape index (κ2) is 10.4. The average Bonchev–Trinajstić information content (AvgIpc) is 2.63. The van der Waals surface area contributed by atoms with E-state index >= 15 is 0 Å². The van der Waals surface area contributed by atoms with Crippen LogP contribution in [0.4, 0.5) is 0 Å². The summed E-state index contributed by atoms with van der Waals surface area (Å²) in [5.74, 6) is 2.23. The third-order valence-electron chi connectivity index (χ3n) is 5.39. The van der Waals surface area contributed by atoms with E-state index in [1.807, 2.05) is 12.1 Å². The lowest BCUT2D eigenvalue weighted by molar-refractivity contribution is -0.134. The molecule has 0 fully saturated rings. The highest BCUT2D eigenvalue weighted by atomic mass is 16.5. The van der Waals surface area contributed by atoms with E-state index in [9.17, 15) is 4.79 Å². The maximum absolute atomic E-state index is 11.8. The van der Waals surface area contributed by atoms with Crippen LogP contribution in [0.5, 0.6) is 5.75 Å². The second-order valence-electron chi connectivity index (χ2n) is 7.57. The van der Waals surface area contributed by atoms with Gasteiger partial charge in [0, 0.05) is 6.42 Å². The number of carbonyl (C=O) groups is 1. The van der Waals surface area contributed by atoms with Gasteiger partial charge >= 0.3 is 5.97 Å². The molecule has 2 heteroatoms. The summed E-state index contributed by atoms with van der Waals surface area (Å²) in [4.78, 5) is 11.8. The van der Waals surface area contributed by atoms with Crippen molar-refractivity contribution in [3.8, 4) is 5.75 Å².